The fraction of sp³-hybridized carbons (Fsp3) is 0.364. The van der Waals surface area contributed by atoms with Gasteiger partial charge in [0.25, 0.3) is 0 Å². The lowest BCUT2D eigenvalue weighted by Crippen LogP contribution is -2.05. The molecule has 1 heterocycles. The third kappa shape index (κ3) is 2.59. The van der Waals surface area contributed by atoms with Crippen molar-refractivity contribution in [2.75, 3.05) is 13.7 Å². The molecule has 0 saturated carbocycles. The number of aromatic nitrogens is 1. The molecule has 98 valence electrons. The molecule has 0 aliphatic carbocycles. The van der Waals surface area contributed by atoms with Crippen LogP contribution in [-0.4, -0.2) is 18.7 Å². The Morgan fingerprint density at radius 3 is 2.72 bits per heavy atom. The van der Waals surface area contributed by atoms with Crippen molar-refractivity contribution in [1.29, 1.82) is 0 Å². The predicted octanol–water partition coefficient (Wildman–Crippen LogP) is 3.69. The van der Waals surface area contributed by atoms with Gasteiger partial charge >= 0.3 is 6.18 Å². The predicted molar refractivity (Wildman–Crippen MR) is 59.6 cm³/mol. The molecular formula is C11H9ClF3NO2. The van der Waals surface area contributed by atoms with Gasteiger partial charge in [-0.3, -0.25) is 0 Å². The number of alkyl halides is 3. The van der Waals surface area contributed by atoms with Gasteiger partial charge in [0.1, 0.15) is 11.1 Å². The van der Waals surface area contributed by atoms with Crippen LogP contribution in [0.1, 0.15) is 11.5 Å². The molecule has 0 amide bonds. The first kappa shape index (κ1) is 13.2. The van der Waals surface area contributed by atoms with E-state index in [0.29, 0.717) is 13.0 Å². The van der Waals surface area contributed by atoms with Crippen LogP contribution >= 0.6 is 11.6 Å². The summed E-state index contributed by atoms with van der Waals surface area (Å²) < 4.78 is 48.3. The lowest BCUT2D eigenvalue weighted by Gasteiger charge is -2.06. The number of methoxy groups -OCH3 is 1. The molecule has 0 aliphatic rings. The molecule has 2 aromatic rings. The van der Waals surface area contributed by atoms with Gasteiger partial charge in [0.15, 0.2) is 11.5 Å². The van der Waals surface area contributed by atoms with Crippen LogP contribution in [0.25, 0.3) is 11.1 Å². The Balaban J connectivity index is 2.53. The Labute approximate surface area is 106 Å². The van der Waals surface area contributed by atoms with E-state index in [9.17, 15) is 13.2 Å². The summed E-state index contributed by atoms with van der Waals surface area (Å²) in [6.07, 6.45) is -4.22. The van der Waals surface area contributed by atoms with E-state index < -0.39 is 11.7 Å². The highest BCUT2D eigenvalue weighted by Gasteiger charge is 2.35. The van der Waals surface area contributed by atoms with Crippen LogP contribution in [0.5, 0.6) is 0 Å². The first-order valence-corrected chi connectivity index (χ1v) is 5.44. The highest BCUT2D eigenvalue weighted by molar-refractivity contribution is 6.31. The van der Waals surface area contributed by atoms with E-state index >= 15 is 0 Å². The van der Waals surface area contributed by atoms with E-state index in [-0.39, 0.29) is 22.0 Å². The molecule has 0 N–H and O–H groups in total. The van der Waals surface area contributed by atoms with Gasteiger partial charge in [-0.25, -0.2) is 4.98 Å². The number of ether oxygens (including phenoxy) is 1. The maximum atomic E-state index is 12.8. The summed E-state index contributed by atoms with van der Waals surface area (Å²) in [6.45, 7) is 0.321. The fourth-order valence-corrected chi connectivity index (χ4v) is 1.76. The number of nitrogens with zero attached hydrogens (tertiary/aromatic N) is 1. The van der Waals surface area contributed by atoms with E-state index in [4.69, 9.17) is 20.8 Å². The van der Waals surface area contributed by atoms with Crippen LogP contribution in [0.2, 0.25) is 5.02 Å². The lowest BCUT2D eigenvalue weighted by molar-refractivity contribution is -0.136. The molecule has 0 fully saturated rings. The Morgan fingerprint density at radius 2 is 2.11 bits per heavy atom. The molecule has 18 heavy (non-hydrogen) atoms. The van der Waals surface area contributed by atoms with Crippen molar-refractivity contribution in [1.82, 2.24) is 4.98 Å². The molecule has 1 aromatic heterocycles. The molecule has 7 heteroatoms. The Kier molecular flexibility index (Phi) is 3.49. The number of halogens is 4. The van der Waals surface area contributed by atoms with Crippen molar-refractivity contribution in [3.63, 3.8) is 0 Å². The third-order valence-electron chi connectivity index (χ3n) is 2.32. The topological polar surface area (TPSA) is 35.3 Å². The highest BCUT2D eigenvalue weighted by Crippen LogP contribution is 2.37. The second kappa shape index (κ2) is 4.78. The van der Waals surface area contributed by atoms with Crippen LogP contribution < -0.4 is 0 Å². The molecule has 0 atom stereocenters. The maximum Gasteiger partial charge on any atom is 0.420 e. The largest absolute Gasteiger partial charge is 0.440 e. The van der Waals surface area contributed by atoms with E-state index in [0.717, 1.165) is 6.07 Å². The molecule has 0 radical (unpaired) electrons. The number of fused-ring (bicyclic) bond motifs is 1. The average molecular weight is 280 g/mol. The summed E-state index contributed by atoms with van der Waals surface area (Å²) in [6, 6.07) is 2.17. The van der Waals surface area contributed by atoms with Gasteiger partial charge in [0.05, 0.1) is 6.61 Å². The number of hydrogen-bond acceptors (Lipinski definition) is 3. The van der Waals surface area contributed by atoms with Gasteiger partial charge in [-0.1, -0.05) is 11.6 Å². The smallest absolute Gasteiger partial charge is 0.420 e. The third-order valence-corrected chi connectivity index (χ3v) is 2.54. The van der Waals surface area contributed by atoms with Gasteiger partial charge in [0, 0.05) is 18.6 Å². The zero-order valence-electron chi connectivity index (χ0n) is 9.34. The lowest BCUT2D eigenvalue weighted by atomic mass is 10.2. The number of benzene rings is 1. The SMILES string of the molecule is COCCc1nc2cc(Cl)cc(C(F)(F)F)c2o1. The van der Waals surface area contributed by atoms with Crippen LogP contribution in [-0.2, 0) is 17.3 Å². The number of oxazole rings is 1. The van der Waals surface area contributed by atoms with Crippen molar-refractivity contribution in [2.45, 2.75) is 12.6 Å². The fourth-order valence-electron chi connectivity index (χ4n) is 1.55. The second-order valence-corrected chi connectivity index (χ2v) is 4.09. The summed E-state index contributed by atoms with van der Waals surface area (Å²) >= 11 is 5.64. The molecule has 0 aliphatic heterocycles. The minimum Gasteiger partial charge on any atom is -0.440 e. The number of rotatable bonds is 3. The molecule has 0 saturated heterocycles. The Morgan fingerprint density at radius 1 is 1.39 bits per heavy atom. The van der Waals surface area contributed by atoms with Crippen molar-refractivity contribution >= 4 is 22.7 Å². The monoisotopic (exact) mass is 279 g/mol. The molecular weight excluding hydrogens is 271 g/mol. The van der Waals surface area contributed by atoms with E-state index in [1.165, 1.54) is 13.2 Å². The number of hydrogen-bond donors (Lipinski definition) is 0. The van der Waals surface area contributed by atoms with Gasteiger partial charge in [-0.15, -0.1) is 0 Å². The second-order valence-electron chi connectivity index (χ2n) is 3.65. The Bertz CT molecular complexity index is 565. The van der Waals surface area contributed by atoms with Crippen LogP contribution in [0.4, 0.5) is 13.2 Å². The normalized spacial score (nSPS) is 12.3. The zero-order valence-corrected chi connectivity index (χ0v) is 10.1. The minimum absolute atomic E-state index is 0.0265. The standard InChI is InChI=1S/C11H9ClF3NO2/c1-17-3-2-9-16-8-5-6(12)4-7(10(8)18-9)11(13,14)15/h4-5H,2-3H2,1H3. The molecule has 0 spiro atoms. The quantitative estimate of drug-likeness (QED) is 0.859. The van der Waals surface area contributed by atoms with Crippen LogP contribution in [0.15, 0.2) is 16.5 Å². The first-order chi connectivity index (χ1) is 8.41. The summed E-state index contributed by atoms with van der Waals surface area (Å²) in [5.41, 5.74) is -1.11. The highest BCUT2D eigenvalue weighted by atomic mass is 35.5. The molecule has 1 aromatic carbocycles. The average Bonchev–Trinajstić information content (AvgIpc) is 2.66. The van der Waals surface area contributed by atoms with Crippen LogP contribution in [0, 0.1) is 0 Å². The van der Waals surface area contributed by atoms with E-state index in [1.807, 2.05) is 0 Å². The summed E-state index contributed by atoms with van der Waals surface area (Å²) in [5.74, 6) is 0.194. The van der Waals surface area contributed by atoms with Gasteiger partial charge in [0.2, 0.25) is 0 Å². The summed E-state index contributed by atoms with van der Waals surface area (Å²) in [4.78, 5) is 3.95. The van der Waals surface area contributed by atoms with E-state index in [1.54, 1.807) is 0 Å². The molecule has 2 rings (SSSR count). The zero-order chi connectivity index (χ0) is 13.3. The van der Waals surface area contributed by atoms with Gasteiger partial charge in [-0.2, -0.15) is 13.2 Å². The first-order valence-electron chi connectivity index (χ1n) is 5.07. The van der Waals surface area contributed by atoms with Gasteiger partial charge < -0.3 is 9.15 Å². The molecule has 0 bridgehead atoms. The Hall–Kier alpha value is -1.27. The van der Waals surface area contributed by atoms with Crippen molar-refractivity contribution in [3.8, 4) is 0 Å². The summed E-state index contributed by atoms with van der Waals surface area (Å²) in [5, 5.41) is -0.0265. The van der Waals surface area contributed by atoms with Gasteiger partial charge in [-0.05, 0) is 12.1 Å². The molecule has 3 nitrogen and oxygen atoms in total. The maximum absolute atomic E-state index is 12.8. The molecule has 0 unspecified atom stereocenters. The van der Waals surface area contributed by atoms with Crippen molar-refractivity contribution in [3.05, 3.63) is 28.6 Å². The van der Waals surface area contributed by atoms with Crippen molar-refractivity contribution in [2.24, 2.45) is 0 Å². The minimum atomic E-state index is -4.53. The van der Waals surface area contributed by atoms with Crippen LogP contribution in [0.3, 0.4) is 0 Å². The summed E-state index contributed by atoms with van der Waals surface area (Å²) in [7, 11) is 1.49. The van der Waals surface area contributed by atoms with Crippen molar-refractivity contribution < 1.29 is 22.3 Å². The van der Waals surface area contributed by atoms with E-state index in [2.05, 4.69) is 4.98 Å².